The molecule has 17 heavy (non-hydrogen) atoms. The van der Waals surface area contributed by atoms with E-state index in [2.05, 4.69) is 0 Å². The van der Waals surface area contributed by atoms with Gasteiger partial charge in [0, 0.05) is 13.1 Å². The average Bonchev–Trinajstić information content (AvgIpc) is 2.76. The summed E-state index contributed by atoms with van der Waals surface area (Å²) in [4.78, 5) is 13.9. The minimum Gasteiger partial charge on any atom is -0.391 e. The molecule has 2 atom stereocenters. The molecule has 0 aromatic heterocycles. The van der Waals surface area contributed by atoms with E-state index in [1.165, 1.54) is 0 Å². The molecule has 0 spiro atoms. The lowest BCUT2D eigenvalue weighted by Gasteiger charge is -2.29. The first-order valence-corrected chi connectivity index (χ1v) is 5.83. The average molecular weight is 234 g/mol. The van der Waals surface area contributed by atoms with Crippen LogP contribution in [0.15, 0.2) is 30.3 Å². The van der Waals surface area contributed by atoms with Gasteiger partial charge in [-0.3, -0.25) is 4.79 Å². The van der Waals surface area contributed by atoms with Crippen molar-refractivity contribution >= 4 is 5.91 Å². The Labute approximate surface area is 101 Å². The number of likely N-dealkylation sites (tertiary alicyclic amines) is 1. The molecule has 0 saturated carbocycles. The molecule has 1 aromatic carbocycles. The van der Waals surface area contributed by atoms with Crippen LogP contribution >= 0.6 is 0 Å². The number of hydrogen-bond acceptors (Lipinski definition) is 3. The monoisotopic (exact) mass is 234 g/mol. The van der Waals surface area contributed by atoms with Crippen molar-refractivity contribution in [2.24, 2.45) is 5.73 Å². The van der Waals surface area contributed by atoms with Crippen LogP contribution < -0.4 is 5.73 Å². The maximum atomic E-state index is 12.3. The van der Waals surface area contributed by atoms with Gasteiger partial charge in [-0.2, -0.15) is 0 Å². The van der Waals surface area contributed by atoms with Gasteiger partial charge < -0.3 is 15.7 Å². The number of amides is 1. The second kappa shape index (κ2) is 4.47. The number of nitrogens with two attached hydrogens (primary N) is 1. The number of aliphatic hydroxyl groups is 1. The van der Waals surface area contributed by atoms with E-state index >= 15 is 0 Å². The first kappa shape index (κ1) is 12.1. The molecule has 1 heterocycles. The lowest BCUT2D eigenvalue weighted by molar-refractivity contribution is -0.136. The summed E-state index contributed by atoms with van der Waals surface area (Å²) in [6.07, 6.45) is 0.224. The summed E-state index contributed by atoms with van der Waals surface area (Å²) in [7, 11) is 0. The minimum absolute atomic E-state index is 0.125. The Morgan fingerprint density at radius 2 is 2.12 bits per heavy atom. The molecule has 0 radical (unpaired) electrons. The molecular formula is C13H18N2O2. The Bertz CT molecular complexity index is 403. The minimum atomic E-state index is -1.02. The SMILES string of the molecule is CC(N)(C(=O)N1CC[C@@H](O)C1)c1ccccc1. The van der Waals surface area contributed by atoms with Crippen molar-refractivity contribution < 1.29 is 9.90 Å². The van der Waals surface area contributed by atoms with Gasteiger partial charge in [-0.25, -0.2) is 0 Å². The van der Waals surface area contributed by atoms with Crippen molar-refractivity contribution in [2.45, 2.75) is 25.0 Å². The van der Waals surface area contributed by atoms with Crippen LogP contribution in [0.4, 0.5) is 0 Å². The molecule has 1 aromatic rings. The van der Waals surface area contributed by atoms with Crippen LogP contribution in [0.1, 0.15) is 18.9 Å². The summed E-state index contributed by atoms with van der Waals surface area (Å²) in [6, 6.07) is 9.33. The van der Waals surface area contributed by atoms with Crippen molar-refractivity contribution in [1.29, 1.82) is 0 Å². The molecule has 1 aliphatic heterocycles. The molecule has 1 fully saturated rings. The van der Waals surface area contributed by atoms with Gasteiger partial charge in [0.1, 0.15) is 5.54 Å². The van der Waals surface area contributed by atoms with Crippen LogP contribution in [0, 0.1) is 0 Å². The fourth-order valence-electron chi connectivity index (χ4n) is 2.16. The molecular weight excluding hydrogens is 216 g/mol. The van der Waals surface area contributed by atoms with Crippen LogP contribution in [0.3, 0.4) is 0 Å². The van der Waals surface area contributed by atoms with Crippen LogP contribution in [0.5, 0.6) is 0 Å². The van der Waals surface area contributed by atoms with Crippen molar-refractivity contribution in [2.75, 3.05) is 13.1 Å². The van der Waals surface area contributed by atoms with Crippen molar-refractivity contribution in [3.05, 3.63) is 35.9 Å². The van der Waals surface area contributed by atoms with Crippen LogP contribution in [-0.2, 0) is 10.3 Å². The third kappa shape index (κ3) is 2.33. The van der Waals surface area contributed by atoms with Gasteiger partial charge in [0.05, 0.1) is 6.10 Å². The maximum absolute atomic E-state index is 12.3. The normalized spacial score (nSPS) is 23.5. The standard InChI is InChI=1S/C13H18N2O2/c1-13(14,10-5-3-2-4-6-10)12(17)15-8-7-11(16)9-15/h2-6,11,16H,7-9,14H2,1H3/t11-,13?/m1/s1. The number of carbonyl (C=O) groups is 1. The van der Waals surface area contributed by atoms with Crippen LogP contribution in [-0.4, -0.2) is 35.1 Å². The quantitative estimate of drug-likeness (QED) is 0.781. The Kier molecular flexibility index (Phi) is 3.17. The Hall–Kier alpha value is -1.39. The van der Waals surface area contributed by atoms with Gasteiger partial charge in [-0.15, -0.1) is 0 Å². The highest BCUT2D eigenvalue weighted by atomic mass is 16.3. The highest BCUT2D eigenvalue weighted by Crippen LogP contribution is 2.22. The number of rotatable bonds is 2. The molecule has 1 saturated heterocycles. The summed E-state index contributed by atoms with van der Waals surface area (Å²) < 4.78 is 0. The largest absolute Gasteiger partial charge is 0.391 e. The van der Waals surface area contributed by atoms with Gasteiger partial charge in [-0.1, -0.05) is 30.3 Å². The first-order valence-electron chi connectivity index (χ1n) is 5.83. The Morgan fingerprint density at radius 3 is 2.65 bits per heavy atom. The predicted octanol–water partition coefficient (Wildman–Crippen LogP) is 0.454. The number of β-amino-alcohol motifs (C(OH)–C–C–N with tert-alkyl or cyclic N) is 1. The second-order valence-corrected chi connectivity index (χ2v) is 4.76. The third-order valence-corrected chi connectivity index (χ3v) is 3.27. The van der Waals surface area contributed by atoms with Crippen molar-refractivity contribution in [3.63, 3.8) is 0 Å². The molecule has 1 unspecified atom stereocenters. The molecule has 4 nitrogen and oxygen atoms in total. The second-order valence-electron chi connectivity index (χ2n) is 4.76. The fraction of sp³-hybridized carbons (Fsp3) is 0.462. The fourth-order valence-corrected chi connectivity index (χ4v) is 2.16. The number of carbonyl (C=O) groups excluding carboxylic acids is 1. The maximum Gasteiger partial charge on any atom is 0.247 e. The van der Waals surface area contributed by atoms with Crippen molar-refractivity contribution in [3.8, 4) is 0 Å². The van der Waals surface area contributed by atoms with Gasteiger partial charge in [-0.05, 0) is 18.9 Å². The van der Waals surface area contributed by atoms with E-state index in [0.29, 0.717) is 19.5 Å². The molecule has 3 N–H and O–H groups in total. The predicted molar refractivity (Wildman–Crippen MR) is 65.2 cm³/mol. The first-order chi connectivity index (χ1) is 8.01. The lowest BCUT2D eigenvalue weighted by Crippen LogP contribution is -2.50. The van der Waals surface area contributed by atoms with E-state index in [1.54, 1.807) is 11.8 Å². The molecule has 2 rings (SSSR count). The summed E-state index contributed by atoms with van der Waals surface area (Å²) in [5.74, 6) is -0.125. The zero-order valence-electron chi connectivity index (χ0n) is 9.97. The molecule has 1 aliphatic rings. The van der Waals surface area contributed by atoms with E-state index < -0.39 is 11.6 Å². The lowest BCUT2D eigenvalue weighted by atomic mass is 9.92. The van der Waals surface area contributed by atoms with Gasteiger partial charge >= 0.3 is 0 Å². The number of aliphatic hydroxyl groups excluding tert-OH is 1. The molecule has 0 aliphatic carbocycles. The highest BCUT2D eigenvalue weighted by Gasteiger charge is 2.37. The smallest absolute Gasteiger partial charge is 0.247 e. The zero-order valence-corrected chi connectivity index (χ0v) is 9.97. The molecule has 4 heteroatoms. The van der Waals surface area contributed by atoms with E-state index in [0.717, 1.165) is 5.56 Å². The highest BCUT2D eigenvalue weighted by molar-refractivity contribution is 5.87. The third-order valence-electron chi connectivity index (χ3n) is 3.27. The zero-order chi connectivity index (χ0) is 12.5. The summed E-state index contributed by atoms with van der Waals surface area (Å²) in [5.41, 5.74) is 5.91. The Balaban J connectivity index is 2.18. The number of hydrogen-bond donors (Lipinski definition) is 2. The number of nitrogens with zero attached hydrogens (tertiary/aromatic N) is 1. The van der Waals surface area contributed by atoms with Gasteiger partial charge in [0.25, 0.3) is 0 Å². The Morgan fingerprint density at radius 1 is 1.47 bits per heavy atom. The summed E-state index contributed by atoms with van der Waals surface area (Å²) in [6.45, 7) is 2.69. The van der Waals surface area contributed by atoms with E-state index in [4.69, 9.17) is 5.73 Å². The summed E-state index contributed by atoms with van der Waals surface area (Å²) >= 11 is 0. The topological polar surface area (TPSA) is 66.6 Å². The van der Waals surface area contributed by atoms with Gasteiger partial charge in [0.2, 0.25) is 5.91 Å². The van der Waals surface area contributed by atoms with E-state index in [-0.39, 0.29) is 5.91 Å². The van der Waals surface area contributed by atoms with Crippen LogP contribution in [0.25, 0.3) is 0 Å². The number of benzene rings is 1. The molecule has 92 valence electrons. The van der Waals surface area contributed by atoms with Gasteiger partial charge in [0.15, 0.2) is 0 Å². The van der Waals surface area contributed by atoms with E-state index in [1.807, 2.05) is 30.3 Å². The van der Waals surface area contributed by atoms with E-state index in [9.17, 15) is 9.90 Å². The summed E-state index contributed by atoms with van der Waals surface area (Å²) in [5, 5.41) is 9.45. The van der Waals surface area contributed by atoms with Crippen LogP contribution in [0.2, 0.25) is 0 Å². The molecule has 0 bridgehead atoms. The molecule has 1 amide bonds. The van der Waals surface area contributed by atoms with Crippen molar-refractivity contribution in [1.82, 2.24) is 4.90 Å².